The Morgan fingerprint density at radius 3 is 2.41 bits per heavy atom. The fourth-order valence-electron chi connectivity index (χ4n) is 2.51. The molecule has 1 aromatic rings. The summed E-state index contributed by atoms with van der Waals surface area (Å²) in [7, 11) is -3.51. The van der Waals surface area contributed by atoms with Crippen molar-refractivity contribution in [2.45, 2.75) is 24.5 Å². The van der Waals surface area contributed by atoms with E-state index in [1.807, 2.05) is 6.92 Å². The van der Waals surface area contributed by atoms with E-state index in [4.69, 9.17) is 11.6 Å². The van der Waals surface area contributed by atoms with Crippen molar-refractivity contribution in [3.8, 4) is 0 Å². The topological polar surface area (TPSA) is 75.3 Å². The maximum Gasteiger partial charge on any atom is 0.245 e. The highest BCUT2D eigenvalue weighted by Crippen LogP contribution is 2.30. The van der Waals surface area contributed by atoms with E-state index in [2.05, 4.69) is 10.6 Å². The Hall–Kier alpha value is -0.820. The third-order valence-corrected chi connectivity index (χ3v) is 6.38. The summed E-state index contributed by atoms with van der Waals surface area (Å²) in [5.41, 5.74) is 1.41. The molecular formula is C14H20Cl2N2O3S. The highest BCUT2D eigenvalue weighted by molar-refractivity contribution is 7.92. The summed E-state index contributed by atoms with van der Waals surface area (Å²) in [5, 5.41) is 6.31. The molecule has 0 aromatic heterocycles. The van der Waals surface area contributed by atoms with Crippen molar-refractivity contribution in [1.29, 1.82) is 0 Å². The number of piperidine rings is 1. The second-order valence-electron chi connectivity index (χ2n) is 5.43. The Kier molecular flexibility index (Phi) is 6.27. The Bertz CT molecular complexity index is 656. The van der Waals surface area contributed by atoms with Crippen molar-refractivity contribution in [3.63, 3.8) is 0 Å². The first-order valence-corrected chi connectivity index (χ1v) is 9.01. The normalized spacial score (nSPS) is 17.4. The Morgan fingerprint density at radius 1 is 1.32 bits per heavy atom. The van der Waals surface area contributed by atoms with E-state index in [9.17, 15) is 13.2 Å². The van der Waals surface area contributed by atoms with Gasteiger partial charge in [0.05, 0.1) is 0 Å². The number of carbonyl (C=O) groups is 1. The molecule has 0 bridgehead atoms. The molecule has 0 aliphatic carbocycles. The lowest BCUT2D eigenvalue weighted by Crippen LogP contribution is -2.55. The Balaban J connectivity index is 0.00000242. The van der Waals surface area contributed by atoms with Gasteiger partial charge in [-0.15, -0.1) is 12.4 Å². The summed E-state index contributed by atoms with van der Waals surface area (Å²) < 4.78 is 22.9. The van der Waals surface area contributed by atoms with Crippen LogP contribution in [-0.4, -0.2) is 38.4 Å². The number of sulfone groups is 1. The predicted molar refractivity (Wildman–Crippen MR) is 91.7 cm³/mol. The monoisotopic (exact) mass is 366 g/mol. The van der Waals surface area contributed by atoms with Gasteiger partial charge >= 0.3 is 0 Å². The van der Waals surface area contributed by atoms with Crippen LogP contribution in [0, 0.1) is 6.92 Å². The summed E-state index contributed by atoms with van der Waals surface area (Å²) in [6.45, 7) is 2.88. The van der Waals surface area contributed by atoms with E-state index in [0.29, 0.717) is 23.8 Å². The van der Waals surface area contributed by atoms with Gasteiger partial charge in [-0.05, 0) is 50.6 Å². The first kappa shape index (κ1) is 19.2. The van der Waals surface area contributed by atoms with Gasteiger partial charge < -0.3 is 10.6 Å². The Morgan fingerprint density at radius 2 is 1.91 bits per heavy atom. The molecule has 1 aromatic carbocycles. The number of halogens is 2. The van der Waals surface area contributed by atoms with Gasteiger partial charge in [0.1, 0.15) is 0 Å². The number of aryl methyl sites for hydroxylation is 1. The molecule has 8 heteroatoms. The molecule has 1 fully saturated rings. The zero-order chi connectivity index (χ0) is 15.7. The summed E-state index contributed by atoms with van der Waals surface area (Å²) in [6.07, 6.45) is 1.68. The quantitative estimate of drug-likeness (QED) is 0.859. The van der Waals surface area contributed by atoms with Gasteiger partial charge in [-0.25, -0.2) is 8.42 Å². The van der Waals surface area contributed by atoms with Crippen LogP contribution in [0.3, 0.4) is 0 Å². The number of hydrogen-bond acceptors (Lipinski definition) is 4. The van der Waals surface area contributed by atoms with Crippen LogP contribution in [0.5, 0.6) is 0 Å². The van der Waals surface area contributed by atoms with Crippen molar-refractivity contribution in [2.24, 2.45) is 0 Å². The van der Waals surface area contributed by atoms with E-state index in [1.165, 1.54) is 0 Å². The van der Waals surface area contributed by atoms with Crippen molar-refractivity contribution in [3.05, 3.63) is 28.8 Å². The molecule has 1 saturated heterocycles. The minimum Gasteiger partial charge on any atom is -0.325 e. The SMILES string of the molecule is Cc1ccc(NC(=O)C2(S(C)(=O)=O)CCNCC2)cc1Cl.Cl. The van der Waals surface area contributed by atoms with Gasteiger partial charge in [0.15, 0.2) is 14.6 Å². The van der Waals surface area contributed by atoms with Crippen molar-refractivity contribution >= 4 is 45.4 Å². The lowest BCUT2D eigenvalue weighted by molar-refractivity contribution is -0.119. The van der Waals surface area contributed by atoms with Crippen LogP contribution in [0.1, 0.15) is 18.4 Å². The molecule has 0 saturated carbocycles. The van der Waals surface area contributed by atoms with Crippen LogP contribution in [0.25, 0.3) is 0 Å². The number of anilines is 1. The van der Waals surface area contributed by atoms with Crippen molar-refractivity contribution < 1.29 is 13.2 Å². The van der Waals surface area contributed by atoms with Crippen LogP contribution >= 0.6 is 24.0 Å². The lowest BCUT2D eigenvalue weighted by atomic mass is 9.95. The maximum absolute atomic E-state index is 12.6. The molecule has 0 atom stereocenters. The summed E-state index contributed by atoms with van der Waals surface area (Å²) in [4.78, 5) is 12.6. The number of amides is 1. The predicted octanol–water partition coefficient (Wildman–Crippen LogP) is 2.18. The van der Waals surface area contributed by atoms with Crippen LogP contribution in [0.15, 0.2) is 18.2 Å². The summed E-state index contributed by atoms with van der Waals surface area (Å²) in [5.74, 6) is -0.480. The molecule has 0 radical (unpaired) electrons. The van der Waals surface area contributed by atoms with Gasteiger partial charge in [-0.3, -0.25) is 4.79 Å². The molecule has 1 heterocycles. The average molecular weight is 367 g/mol. The van der Waals surface area contributed by atoms with Crippen LogP contribution in [0.2, 0.25) is 5.02 Å². The maximum atomic E-state index is 12.6. The first-order chi connectivity index (χ1) is 9.76. The fraction of sp³-hybridized carbons (Fsp3) is 0.500. The van der Waals surface area contributed by atoms with E-state index in [-0.39, 0.29) is 25.2 Å². The molecule has 22 heavy (non-hydrogen) atoms. The second kappa shape index (κ2) is 7.17. The summed E-state index contributed by atoms with van der Waals surface area (Å²) >= 11 is 6.03. The molecule has 2 N–H and O–H groups in total. The second-order valence-corrected chi connectivity index (χ2v) is 8.17. The molecule has 1 aliphatic rings. The molecule has 2 rings (SSSR count). The highest BCUT2D eigenvalue weighted by Gasteiger charge is 2.48. The number of benzene rings is 1. The molecule has 1 aliphatic heterocycles. The van der Waals surface area contributed by atoms with E-state index >= 15 is 0 Å². The fourth-order valence-corrected chi connectivity index (χ4v) is 4.03. The average Bonchev–Trinajstić information content (AvgIpc) is 2.42. The van der Waals surface area contributed by atoms with Gasteiger partial charge in [0.25, 0.3) is 0 Å². The molecular weight excluding hydrogens is 347 g/mol. The molecule has 0 unspecified atom stereocenters. The molecule has 0 spiro atoms. The largest absolute Gasteiger partial charge is 0.325 e. The third-order valence-electron chi connectivity index (χ3n) is 3.96. The number of nitrogens with one attached hydrogen (secondary N) is 2. The first-order valence-electron chi connectivity index (χ1n) is 6.74. The standard InChI is InChI=1S/C14H19ClN2O3S.ClH/c1-10-3-4-11(9-12(10)15)17-13(18)14(21(2,19)20)5-7-16-8-6-14;/h3-4,9,16H,5-8H2,1-2H3,(H,17,18);1H. The van der Waals surface area contributed by atoms with Gasteiger partial charge in [0, 0.05) is 17.0 Å². The minimum absolute atomic E-state index is 0. The lowest BCUT2D eigenvalue weighted by Gasteiger charge is -2.34. The third kappa shape index (κ3) is 3.74. The van der Waals surface area contributed by atoms with E-state index in [1.54, 1.807) is 18.2 Å². The molecule has 1 amide bonds. The van der Waals surface area contributed by atoms with Crippen LogP contribution < -0.4 is 10.6 Å². The van der Waals surface area contributed by atoms with Crippen LogP contribution in [0.4, 0.5) is 5.69 Å². The molecule has 5 nitrogen and oxygen atoms in total. The zero-order valence-electron chi connectivity index (χ0n) is 12.5. The van der Waals surface area contributed by atoms with Crippen LogP contribution in [-0.2, 0) is 14.6 Å². The van der Waals surface area contributed by atoms with E-state index < -0.39 is 20.5 Å². The molecule has 124 valence electrons. The summed E-state index contributed by atoms with van der Waals surface area (Å²) in [6, 6.07) is 5.13. The number of rotatable bonds is 3. The minimum atomic E-state index is -3.51. The van der Waals surface area contributed by atoms with E-state index in [0.717, 1.165) is 11.8 Å². The number of hydrogen-bond donors (Lipinski definition) is 2. The smallest absolute Gasteiger partial charge is 0.245 e. The highest BCUT2D eigenvalue weighted by atomic mass is 35.5. The van der Waals surface area contributed by atoms with Gasteiger partial charge in [-0.1, -0.05) is 17.7 Å². The van der Waals surface area contributed by atoms with Crippen molar-refractivity contribution in [1.82, 2.24) is 5.32 Å². The van der Waals surface area contributed by atoms with Crippen molar-refractivity contribution in [2.75, 3.05) is 24.7 Å². The Labute approximate surface area is 142 Å². The number of carbonyl (C=O) groups excluding carboxylic acids is 1. The van der Waals surface area contributed by atoms with Gasteiger partial charge in [0.2, 0.25) is 5.91 Å². The zero-order valence-corrected chi connectivity index (χ0v) is 14.9. The van der Waals surface area contributed by atoms with Gasteiger partial charge in [-0.2, -0.15) is 0 Å².